The van der Waals surface area contributed by atoms with Gasteiger partial charge in [0.15, 0.2) is 11.5 Å². The third-order valence-electron chi connectivity index (χ3n) is 7.88. The standard InChI is InChI=1S/C31H30F3N3O5/c32-31(33,34)26(27(38)36-30(28(39)40)14-15-37(19-30)17-20-8-2-1-3-9-20)16-35-29(41)42-18-25-23-12-6-4-10-21(23)22-11-5-7-13-24(22)25/h1-13,25-26H,14-19H2,(H,35,41)(H,36,38)(H,39,40). The molecule has 0 bridgehead atoms. The first-order valence-electron chi connectivity index (χ1n) is 13.5. The second-order valence-electron chi connectivity index (χ2n) is 10.6. The number of ether oxygens (including phenoxy) is 1. The predicted octanol–water partition coefficient (Wildman–Crippen LogP) is 4.55. The monoisotopic (exact) mass is 581 g/mol. The van der Waals surface area contributed by atoms with E-state index in [0.717, 1.165) is 27.8 Å². The number of carbonyl (C=O) groups excluding carboxylic acids is 2. The molecule has 2 unspecified atom stereocenters. The van der Waals surface area contributed by atoms with Gasteiger partial charge in [0.2, 0.25) is 5.91 Å². The van der Waals surface area contributed by atoms with Crippen LogP contribution in [0.4, 0.5) is 18.0 Å². The number of amides is 2. The number of carboxylic acid groups (broad SMARTS) is 1. The van der Waals surface area contributed by atoms with Gasteiger partial charge in [-0.05, 0) is 34.2 Å². The third-order valence-corrected chi connectivity index (χ3v) is 7.88. The summed E-state index contributed by atoms with van der Waals surface area (Å²) in [4.78, 5) is 39.3. The number of benzene rings is 3. The number of carboxylic acids is 1. The molecule has 0 radical (unpaired) electrons. The lowest BCUT2D eigenvalue weighted by Crippen LogP contribution is -2.60. The Bertz CT molecular complexity index is 1420. The van der Waals surface area contributed by atoms with Gasteiger partial charge in [-0.3, -0.25) is 9.69 Å². The number of fused-ring (bicyclic) bond motifs is 3. The van der Waals surface area contributed by atoms with Crippen molar-refractivity contribution in [3.8, 4) is 11.1 Å². The van der Waals surface area contributed by atoms with E-state index in [1.165, 1.54) is 0 Å². The van der Waals surface area contributed by atoms with Crippen LogP contribution in [0.15, 0.2) is 78.9 Å². The molecule has 1 fully saturated rings. The van der Waals surface area contributed by atoms with Crippen molar-refractivity contribution in [1.82, 2.24) is 15.5 Å². The summed E-state index contributed by atoms with van der Waals surface area (Å²) in [5.74, 6) is -5.90. The number of hydrogen-bond acceptors (Lipinski definition) is 5. The van der Waals surface area contributed by atoms with E-state index < -0.39 is 42.1 Å². The lowest BCUT2D eigenvalue weighted by atomic mass is 9.96. The summed E-state index contributed by atoms with van der Waals surface area (Å²) in [6.45, 7) is -0.709. The summed E-state index contributed by atoms with van der Waals surface area (Å²) in [5.41, 5.74) is 2.89. The average molecular weight is 582 g/mol. The predicted molar refractivity (Wildman–Crippen MR) is 147 cm³/mol. The van der Waals surface area contributed by atoms with Gasteiger partial charge in [0, 0.05) is 32.1 Å². The Hall–Kier alpha value is -4.38. The molecular weight excluding hydrogens is 551 g/mol. The number of carbonyl (C=O) groups is 3. The molecule has 3 aromatic rings. The van der Waals surface area contributed by atoms with E-state index in [1.54, 1.807) is 4.90 Å². The second-order valence-corrected chi connectivity index (χ2v) is 10.6. The first-order valence-corrected chi connectivity index (χ1v) is 13.5. The van der Waals surface area contributed by atoms with Gasteiger partial charge in [-0.25, -0.2) is 9.59 Å². The van der Waals surface area contributed by atoms with E-state index in [9.17, 15) is 32.7 Å². The molecular formula is C31H30F3N3O5. The Kier molecular flexibility index (Phi) is 8.22. The van der Waals surface area contributed by atoms with Crippen molar-refractivity contribution in [3.05, 3.63) is 95.6 Å². The van der Waals surface area contributed by atoms with Crippen LogP contribution in [-0.4, -0.2) is 65.9 Å². The largest absolute Gasteiger partial charge is 0.479 e. The number of alkyl halides is 3. The highest BCUT2D eigenvalue weighted by atomic mass is 19.4. The molecule has 1 aliphatic carbocycles. The van der Waals surface area contributed by atoms with Gasteiger partial charge >= 0.3 is 18.2 Å². The Morgan fingerprint density at radius 1 is 0.952 bits per heavy atom. The lowest BCUT2D eigenvalue weighted by Gasteiger charge is -2.29. The van der Waals surface area contributed by atoms with Crippen molar-refractivity contribution in [2.45, 2.75) is 30.6 Å². The second kappa shape index (κ2) is 11.8. The highest BCUT2D eigenvalue weighted by Gasteiger charge is 2.51. The van der Waals surface area contributed by atoms with Gasteiger partial charge in [0.05, 0.1) is 0 Å². The quantitative estimate of drug-likeness (QED) is 0.342. The van der Waals surface area contributed by atoms with Crippen LogP contribution in [0, 0.1) is 5.92 Å². The summed E-state index contributed by atoms with van der Waals surface area (Å²) >= 11 is 0. The molecule has 1 saturated heterocycles. The molecule has 2 amide bonds. The van der Waals surface area contributed by atoms with E-state index in [2.05, 4.69) is 10.6 Å². The van der Waals surface area contributed by atoms with Gasteiger partial charge < -0.3 is 20.5 Å². The SMILES string of the molecule is O=C(NCC(C(=O)NC1(C(=O)O)CCN(Cc2ccccc2)C1)C(F)(F)F)OCC1c2ccccc2-c2ccccc21. The molecule has 2 aliphatic rings. The Morgan fingerprint density at radius 3 is 2.14 bits per heavy atom. The molecule has 220 valence electrons. The van der Waals surface area contributed by atoms with Gasteiger partial charge in [0.1, 0.15) is 6.61 Å². The van der Waals surface area contributed by atoms with Crippen LogP contribution in [0.2, 0.25) is 0 Å². The maximum absolute atomic E-state index is 13.9. The zero-order valence-electron chi connectivity index (χ0n) is 22.6. The number of likely N-dealkylation sites (tertiary alicyclic amines) is 1. The van der Waals surface area contributed by atoms with E-state index in [-0.39, 0.29) is 32.0 Å². The van der Waals surface area contributed by atoms with Crippen molar-refractivity contribution in [2.75, 3.05) is 26.2 Å². The smallest absolute Gasteiger partial charge is 0.407 e. The zero-order chi connectivity index (χ0) is 29.9. The van der Waals surface area contributed by atoms with E-state index in [0.29, 0.717) is 6.54 Å². The van der Waals surface area contributed by atoms with Crippen molar-refractivity contribution in [1.29, 1.82) is 0 Å². The summed E-state index contributed by atoms with van der Waals surface area (Å²) in [7, 11) is 0. The molecule has 2 atom stereocenters. The van der Waals surface area contributed by atoms with Gasteiger partial charge in [0.25, 0.3) is 0 Å². The first-order chi connectivity index (χ1) is 20.1. The molecule has 5 rings (SSSR count). The normalized spacial score (nSPS) is 19.0. The number of hydrogen-bond donors (Lipinski definition) is 3. The number of rotatable bonds is 9. The van der Waals surface area contributed by atoms with Gasteiger partial charge in [-0.1, -0.05) is 78.9 Å². The summed E-state index contributed by atoms with van der Waals surface area (Å²) in [5, 5.41) is 14.1. The lowest BCUT2D eigenvalue weighted by molar-refractivity contribution is -0.183. The van der Waals surface area contributed by atoms with Gasteiger partial charge in [-0.2, -0.15) is 13.2 Å². The van der Waals surface area contributed by atoms with Crippen molar-refractivity contribution in [2.24, 2.45) is 5.92 Å². The molecule has 8 nitrogen and oxygen atoms in total. The first kappa shape index (κ1) is 29.1. The fourth-order valence-electron chi connectivity index (χ4n) is 5.71. The average Bonchev–Trinajstić information content (AvgIpc) is 3.51. The number of nitrogens with one attached hydrogen (secondary N) is 2. The van der Waals surface area contributed by atoms with Gasteiger partial charge in [-0.15, -0.1) is 0 Å². The molecule has 0 saturated carbocycles. The third kappa shape index (κ3) is 6.11. The van der Waals surface area contributed by atoms with Crippen LogP contribution < -0.4 is 10.6 Å². The van der Waals surface area contributed by atoms with Crippen LogP contribution in [0.5, 0.6) is 0 Å². The summed E-state index contributed by atoms with van der Waals surface area (Å²) in [6.07, 6.45) is -6.21. The topological polar surface area (TPSA) is 108 Å². The summed E-state index contributed by atoms with van der Waals surface area (Å²) in [6, 6.07) is 24.4. The molecule has 1 heterocycles. The van der Waals surface area contributed by atoms with E-state index in [4.69, 9.17) is 4.74 Å². The van der Waals surface area contributed by atoms with Crippen molar-refractivity contribution >= 4 is 18.0 Å². The number of aliphatic carboxylic acids is 1. The molecule has 3 N–H and O–H groups in total. The molecule has 0 spiro atoms. The van der Waals surface area contributed by atoms with Crippen LogP contribution in [0.25, 0.3) is 11.1 Å². The molecule has 1 aliphatic heterocycles. The molecule has 3 aromatic carbocycles. The van der Waals surface area contributed by atoms with Crippen molar-refractivity contribution in [3.63, 3.8) is 0 Å². The minimum absolute atomic E-state index is 0.0642. The van der Waals surface area contributed by atoms with Crippen molar-refractivity contribution < 1.29 is 37.4 Å². The van der Waals surface area contributed by atoms with Crippen LogP contribution >= 0.6 is 0 Å². The Labute approximate surface area is 240 Å². The zero-order valence-corrected chi connectivity index (χ0v) is 22.6. The van der Waals surface area contributed by atoms with E-state index in [1.807, 2.05) is 78.9 Å². The fraction of sp³-hybridized carbons (Fsp3) is 0.323. The van der Waals surface area contributed by atoms with Crippen LogP contribution in [0.1, 0.15) is 29.0 Å². The molecule has 11 heteroatoms. The number of alkyl carbamates (subject to hydrolysis) is 1. The molecule has 42 heavy (non-hydrogen) atoms. The summed E-state index contributed by atoms with van der Waals surface area (Å²) < 4.78 is 47.1. The van der Waals surface area contributed by atoms with Crippen LogP contribution in [-0.2, 0) is 20.9 Å². The van der Waals surface area contributed by atoms with E-state index >= 15 is 0 Å². The maximum Gasteiger partial charge on any atom is 0.407 e. The minimum atomic E-state index is -5.04. The highest BCUT2D eigenvalue weighted by molar-refractivity contribution is 5.89. The highest BCUT2D eigenvalue weighted by Crippen LogP contribution is 2.44. The Morgan fingerprint density at radius 2 is 1.55 bits per heavy atom. The number of halogens is 3. The molecule has 0 aromatic heterocycles. The van der Waals surface area contributed by atoms with Crippen LogP contribution in [0.3, 0.4) is 0 Å². The minimum Gasteiger partial charge on any atom is -0.479 e. The maximum atomic E-state index is 13.9. The fourth-order valence-corrected chi connectivity index (χ4v) is 5.71. The number of nitrogens with zero attached hydrogens (tertiary/aromatic N) is 1. The Balaban J connectivity index is 1.20.